The maximum Gasteiger partial charge on any atom is 0.337 e. The van der Waals surface area contributed by atoms with Crippen molar-refractivity contribution in [1.82, 2.24) is 0 Å². The second-order valence-electron chi connectivity index (χ2n) is 4.00. The first-order valence-electron chi connectivity index (χ1n) is 6.19. The predicted octanol–water partition coefficient (Wildman–Crippen LogP) is 3.34. The van der Waals surface area contributed by atoms with Crippen molar-refractivity contribution in [2.45, 2.75) is 20.3 Å². The number of carbonyl (C=O) groups is 1. The van der Waals surface area contributed by atoms with Gasteiger partial charge in [-0.05, 0) is 42.5 Å². The van der Waals surface area contributed by atoms with Crippen molar-refractivity contribution in [3.8, 4) is 0 Å². The molecule has 0 saturated heterocycles. The maximum absolute atomic E-state index is 11.4. The van der Waals surface area contributed by atoms with Crippen LogP contribution in [0.4, 0.5) is 5.69 Å². The van der Waals surface area contributed by atoms with Gasteiger partial charge in [0.1, 0.15) is 0 Å². The number of ether oxygens (including phenoxy) is 1. The zero-order chi connectivity index (χ0) is 13.4. The highest BCUT2D eigenvalue weighted by molar-refractivity contribution is 7.99. The molecule has 0 unspecified atom stereocenters. The van der Waals surface area contributed by atoms with Crippen LogP contribution in [0.3, 0.4) is 0 Å². The molecule has 100 valence electrons. The summed E-state index contributed by atoms with van der Waals surface area (Å²) >= 11 is 1.94. The first-order chi connectivity index (χ1) is 8.69. The van der Waals surface area contributed by atoms with Crippen LogP contribution in [-0.4, -0.2) is 31.1 Å². The molecule has 0 heterocycles. The zero-order valence-corrected chi connectivity index (χ0v) is 12.1. The van der Waals surface area contributed by atoms with E-state index in [2.05, 4.69) is 12.2 Å². The molecule has 0 aliphatic carbocycles. The van der Waals surface area contributed by atoms with Gasteiger partial charge in [-0.1, -0.05) is 13.0 Å². The van der Waals surface area contributed by atoms with Crippen molar-refractivity contribution in [1.29, 1.82) is 0 Å². The van der Waals surface area contributed by atoms with Gasteiger partial charge in [-0.3, -0.25) is 0 Å². The molecule has 1 aromatic carbocycles. The van der Waals surface area contributed by atoms with Gasteiger partial charge in [-0.15, -0.1) is 0 Å². The topological polar surface area (TPSA) is 38.3 Å². The molecule has 0 fully saturated rings. The molecule has 0 aliphatic heterocycles. The summed E-state index contributed by atoms with van der Waals surface area (Å²) in [6, 6.07) is 5.59. The van der Waals surface area contributed by atoms with Gasteiger partial charge in [-0.2, -0.15) is 11.8 Å². The molecule has 0 spiro atoms. The van der Waals surface area contributed by atoms with Crippen molar-refractivity contribution in [3.63, 3.8) is 0 Å². The van der Waals surface area contributed by atoms with Crippen molar-refractivity contribution < 1.29 is 9.53 Å². The first kappa shape index (κ1) is 14.9. The van der Waals surface area contributed by atoms with Crippen LogP contribution < -0.4 is 5.32 Å². The lowest BCUT2D eigenvalue weighted by Crippen LogP contribution is -2.07. The number of nitrogens with one attached hydrogen (secondary N) is 1. The SMILES string of the molecule is CCSCCCNc1cc(C(=O)OC)ccc1C. The molecule has 1 N–H and O–H groups in total. The molecule has 0 saturated carbocycles. The van der Waals surface area contributed by atoms with Crippen LogP contribution >= 0.6 is 11.8 Å². The summed E-state index contributed by atoms with van der Waals surface area (Å²) in [4.78, 5) is 11.4. The standard InChI is InChI=1S/C14H21NO2S/c1-4-18-9-5-8-15-13-10-12(14(16)17-3)7-6-11(13)2/h6-7,10,15H,4-5,8-9H2,1-3H3. The van der Waals surface area contributed by atoms with Crippen molar-refractivity contribution in [2.24, 2.45) is 0 Å². The van der Waals surface area contributed by atoms with Crippen molar-refractivity contribution in [2.75, 3.05) is 30.5 Å². The minimum absolute atomic E-state index is 0.292. The van der Waals surface area contributed by atoms with Crippen LogP contribution in [0, 0.1) is 6.92 Å². The molecule has 1 rings (SSSR count). The summed E-state index contributed by atoms with van der Waals surface area (Å²) in [7, 11) is 1.40. The highest BCUT2D eigenvalue weighted by Gasteiger charge is 2.07. The molecule has 0 aromatic heterocycles. The molecule has 3 nitrogen and oxygen atoms in total. The smallest absolute Gasteiger partial charge is 0.337 e. The number of thioether (sulfide) groups is 1. The number of carbonyl (C=O) groups excluding carboxylic acids is 1. The lowest BCUT2D eigenvalue weighted by Gasteiger charge is -2.10. The van der Waals surface area contributed by atoms with E-state index in [1.54, 1.807) is 6.07 Å². The highest BCUT2D eigenvalue weighted by Crippen LogP contribution is 2.17. The molecule has 1 aromatic rings. The van der Waals surface area contributed by atoms with Gasteiger partial charge in [0.05, 0.1) is 12.7 Å². The van der Waals surface area contributed by atoms with E-state index in [1.807, 2.05) is 30.8 Å². The number of rotatable bonds is 7. The number of anilines is 1. The number of aryl methyl sites for hydroxylation is 1. The molecule has 0 radical (unpaired) electrons. The second kappa shape index (κ2) is 8.03. The van der Waals surface area contributed by atoms with Gasteiger partial charge in [0.15, 0.2) is 0 Å². The molecule has 18 heavy (non-hydrogen) atoms. The summed E-state index contributed by atoms with van der Waals surface area (Å²) in [6.07, 6.45) is 1.13. The quantitative estimate of drug-likeness (QED) is 0.607. The molecule has 4 heteroatoms. The van der Waals surface area contributed by atoms with Gasteiger partial charge in [0.2, 0.25) is 0 Å². The Morgan fingerprint density at radius 2 is 2.22 bits per heavy atom. The van der Waals surface area contributed by atoms with E-state index >= 15 is 0 Å². The molecule has 0 aliphatic rings. The largest absolute Gasteiger partial charge is 0.465 e. The molecular weight excluding hydrogens is 246 g/mol. The minimum Gasteiger partial charge on any atom is -0.465 e. The lowest BCUT2D eigenvalue weighted by molar-refractivity contribution is 0.0601. The van der Waals surface area contributed by atoms with E-state index in [-0.39, 0.29) is 5.97 Å². The van der Waals surface area contributed by atoms with Crippen LogP contribution in [-0.2, 0) is 4.74 Å². The molecule has 0 bridgehead atoms. The first-order valence-corrected chi connectivity index (χ1v) is 7.35. The van der Waals surface area contributed by atoms with Gasteiger partial charge >= 0.3 is 5.97 Å². The third-order valence-corrected chi connectivity index (χ3v) is 3.63. The Labute approximate surface area is 113 Å². The van der Waals surface area contributed by atoms with Gasteiger partial charge < -0.3 is 10.1 Å². The van der Waals surface area contributed by atoms with Crippen LogP contribution in [0.15, 0.2) is 18.2 Å². The Bertz CT molecular complexity index is 393. The van der Waals surface area contributed by atoms with E-state index in [1.165, 1.54) is 12.9 Å². The third kappa shape index (κ3) is 4.61. The summed E-state index contributed by atoms with van der Waals surface area (Å²) in [5.41, 5.74) is 2.75. The Balaban J connectivity index is 2.56. The van der Waals surface area contributed by atoms with Crippen LogP contribution in [0.2, 0.25) is 0 Å². The van der Waals surface area contributed by atoms with Crippen LogP contribution in [0.5, 0.6) is 0 Å². The fourth-order valence-corrected chi connectivity index (χ4v) is 2.24. The average molecular weight is 267 g/mol. The van der Waals surface area contributed by atoms with E-state index in [4.69, 9.17) is 4.74 Å². The summed E-state index contributed by atoms with van der Waals surface area (Å²) in [5.74, 6) is 2.04. The van der Waals surface area contributed by atoms with E-state index in [0.29, 0.717) is 5.56 Å². The summed E-state index contributed by atoms with van der Waals surface area (Å²) in [5, 5.41) is 3.37. The number of benzene rings is 1. The monoisotopic (exact) mass is 267 g/mol. The maximum atomic E-state index is 11.4. The summed E-state index contributed by atoms with van der Waals surface area (Å²) in [6.45, 7) is 5.13. The number of esters is 1. The fraction of sp³-hybridized carbons (Fsp3) is 0.500. The van der Waals surface area contributed by atoms with Crippen molar-refractivity contribution >= 4 is 23.4 Å². The average Bonchev–Trinajstić information content (AvgIpc) is 2.39. The van der Waals surface area contributed by atoms with Crippen LogP contribution in [0.25, 0.3) is 0 Å². The Morgan fingerprint density at radius 3 is 2.89 bits per heavy atom. The zero-order valence-electron chi connectivity index (χ0n) is 11.3. The lowest BCUT2D eigenvalue weighted by atomic mass is 10.1. The molecule has 0 amide bonds. The highest BCUT2D eigenvalue weighted by atomic mass is 32.2. The van der Waals surface area contributed by atoms with Crippen LogP contribution in [0.1, 0.15) is 29.3 Å². The Hall–Kier alpha value is -1.16. The second-order valence-corrected chi connectivity index (χ2v) is 5.39. The number of hydrogen-bond donors (Lipinski definition) is 1. The Kier molecular flexibility index (Phi) is 6.65. The van der Waals surface area contributed by atoms with E-state index in [0.717, 1.165) is 30.0 Å². The van der Waals surface area contributed by atoms with Crippen molar-refractivity contribution in [3.05, 3.63) is 29.3 Å². The number of methoxy groups -OCH3 is 1. The fourth-order valence-electron chi connectivity index (χ4n) is 1.60. The number of hydrogen-bond acceptors (Lipinski definition) is 4. The minimum atomic E-state index is -0.292. The molecule has 0 atom stereocenters. The third-order valence-electron chi connectivity index (χ3n) is 2.64. The van der Waals surface area contributed by atoms with Gasteiger partial charge in [0, 0.05) is 12.2 Å². The molecular formula is C14H21NO2S. The predicted molar refractivity (Wildman–Crippen MR) is 78.6 cm³/mol. The summed E-state index contributed by atoms with van der Waals surface area (Å²) < 4.78 is 4.72. The van der Waals surface area contributed by atoms with E-state index in [9.17, 15) is 4.79 Å². The van der Waals surface area contributed by atoms with Gasteiger partial charge in [0.25, 0.3) is 0 Å². The van der Waals surface area contributed by atoms with Gasteiger partial charge in [-0.25, -0.2) is 4.79 Å². The van der Waals surface area contributed by atoms with E-state index < -0.39 is 0 Å². The normalized spacial score (nSPS) is 10.2. The Morgan fingerprint density at radius 1 is 1.44 bits per heavy atom.